The number of nitrogens with one attached hydrogen (secondary N) is 1. The van der Waals surface area contributed by atoms with E-state index in [4.69, 9.17) is 9.47 Å². The van der Waals surface area contributed by atoms with Gasteiger partial charge >= 0.3 is 0 Å². The number of H-pyrrole nitrogens is 1. The zero-order chi connectivity index (χ0) is 16.7. The first kappa shape index (κ1) is 14.9. The average Bonchev–Trinajstić information content (AvgIpc) is 3.07. The SMILES string of the molecule is COc1cc2ncnc([N+]3(C)CCc4[nH]ncc4C3)c2cc1OC. The number of methoxy groups -OCH3 is 2. The topological polar surface area (TPSA) is 72.9 Å². The number of aromatic amines is 1. The Morgan fingerprint density at radius 2 is 1.92 bits per heavy atom. The van der Waals surface area contributed by atoms with Crippen LogP contribution >= 0.6 is 0 Å². The number of quaternary nitrogens is 1. The van der Waals surface area contributed by atoms with Gasteiger partial charge < -0.3 is 9.47 Å². The number of ether oxygens (including phenoxy) is 2. The maximum atomic E-state index is 5.46. The summed E-state index contributed by atoms with van der Waals surface area (Å²) in [5.41, 5.74) is 3.33. The number of aromatic nitrogens is 4. The minimum absolute atomic E-state index is 0.674. The van der Waals surface area contributed by atoms with Gasteiger partial charge in [-0.15, -0.1) is 0 Å². The molecule has 7 nitrogen and oxygen atoms in total. The maximum absolute atomic E-state index is 5.46. The molecule has 1 unspecified atom stereocenters. The van der Waals surface area contributed by atoms with Gasteiger partial charge in [-0.05, 0) is 0 Å². The van der Waals surface area contributed by atoms with Crippen molar-refractivity contribution < 1.29 is 9.47 Å². The van der Waals surface area contributed by atoms with Crippen molar-refractivity contribution in [1.82, 2.24) is 24.6 Å². The normalized spacial score (nSPS) is 20.0. The molecule has 1 aliphatic rings. The fourth-order valence-corrected chi connectivity index (χ4v) is 3.48. The molecule has 0 aliphatic carbocycles. The van der Waals surface area contributed by atoms with Crippen LogP contribution in [0, 0.1) is 0 Å². The number of likely N-dealkylation sites (N-methyl/N-ethyl adjacent to an activating group) is 1. The molecule has 0 spiro atoms. The van der Waals surface area contributed by atoms with E-state index in [2.05, 4.69) is 27.2 Å². The van der Waals surface area contributed by atoms with Crippen LogP contribution in [0.2, 0.25) is 0 Å². The Hall–Kier alpha value is -2.67. The standard InChI is InChI=1S/C17H20N5O2/c1-22(5-4-13-11(9-22)8-20-21-13)17-12-6-15(23-2)16(24-3)7-14(12)18-10-19-17/h6-8,10H,4-5,9H2,1-3H3,(H,20,21)/q+1. The molecular formula is C17H20N5O2+. The fraction of sp³-hybridized carbons (Fsp3) is 0.353. The molecule has 3 heterocycles. The van der Waals surface area contributed by atoms with E-state index in [0.29, 0.717) is 16.0 Å². The summed E-state index contributed by atoms with van der Waals surface area (Å²) in [6.07, 6.45) is 4.49. The minimum atomic E-state index is 0.674. The summed E-state index contributed by atoms with van der Waals surface area (Å²) in [4.78, 5) is 9.04. The molecule has 0 fully saturated rings. The molecule has 0 saturated heterocycles. The molecule has 7 heteroatoms. The van der Waals surface area contributed by atoms with Gasteiger partial charge in [-0.1, -0.05) is 0 Å². The first-order chi connectivity index (χ1) is 11.6. The van der Waals surface area contributed by atoms with Crippen molar-refractivity contribution in [3.05, 3.63) is 35.9 Å². The Balaban J connectivity index is 1.88. The van der Waals surface area contributed by atoms with E-state index in [0.717, 1.165) is 36.2 Å². The maximum Gasteiger partial charge on any atom is 0.238 e. The number of benzene rings is 1. The predicted molar refractivity (Wildman–Crippen MR) is 91.2 cm³/mol. The fourth-order valence-electron chi connectivity index (χ4n) is 3.48. The summed E-state index contributed by atoms with van der Waals surface area (Å²) in [6, 6.07) is 3.87. The number of rotatable bonds is 3. The highest BCUT2D eigenvalue weighted by molar-refractivity contribution is 5.91. The number of nitrogens with zero attached hydrogens (tertiary/aromatic N) is 4. The molecule has 1 atom stereocenters. The van der Waals surface area contributed by atoms with Gasteiger partial charge in [-0.25, -0.2) is 4.98 Å². The predicted octanol–water partition coefficient (Wildman–Crippen LogP) is 2.06. The average molecular weight is 326 g/mol. The van der Waals surface area contributed by atoms with Crippen LogP contribution in [0.25, 0.3) is 10.9 Å². The van der Waals surface area contributed by atoms with Crippen LogP contribution in [0.5, 0.6) is 11.5 Å². The molecule has 2 aromatic heterocycles. The second-order valence-electron chi connectivity index (χ2n) is 6.32. The van der Waals surface area contributed by atoms with Crippen molar-refractivity contribution >= 4 is 16.7 Å². The summed E-state index contributed by atoms with van der Waals surface area (Å²) in [6.45, 7) is 1.81. The molecular weight excluding hydrogens is 306 g/mol. The first-order valence-electron chi connectivity index (χ1n) is 7.87. The summed E-state index contributed by atoms with van der Waals surface area (Å²) >= 11 is 0. The smallest absolute Gasteiger partial charge is 0.238 e. The Morgan fingerprint density at radius 3 is 2.71 bits per heavy atom. The lowest BCUT2D eigenvalue weighted by molar-refractivity contribution is 0.301. The first-order valence-corrected chi connectivity index (χ1v) is 7.87. The van der Waals surface area contributed by atoms with Crippen LogP contribution in [0.4, 0.5) is 5.82 Å². The Morgan fingerprint density at radius 1 is 1.12 bits per heavy atom. The van der Waals surface area contributed by atoms with E-state index in [9.17, 15) is 0 Å². The van der Waals surface area contributed by atoms with E-state index in [1.54, 1.807) is 20.5 Å². The summed E-state index contributed by atoms with van der Waals surface area (Å²) < 4.78 is 11.6. The number of hydrogen-bond acceptors (Lipinski definition) is 5. The van der Waals surface area contributed by atoms with Crippen molar-refractivity contribution in [3.8, 4) is 11.5 Å². The Kier molecular flexibility index (Phi) is 3.38. The summed E-state index contributed by atoms with van der Waals surface area (Å²) in [5, 5.41) is 8.25. The molecule has 1 N–H and O–H groups in total. The van der Waals surface area contributed by atoms with Crippen LogP contribution in [0.1, 0.15) is 11.3 Å². The third-order valence-electron chi connectivity index (χ3n) is 4.81. The zero-order valence-electron chi connectivity index (χ0n) is 14.0. The Bertz CT molecular complexity index is 907. The lowest BCUT2D eigenvalue weighted by Crippen LogP contribution is -2.49. The van der Waals surface area contributed by atoms with Gasteiger partial charge in [-0.3, -0.25) is 9.58 Å². The third-order valence-corrected chi connectivity index (χ3v) is 4.81. The van der Waals surface area contributed by atoms with Gasteiger partial charge in [0.1, 0.15) is 12.9 Å². The molecule has 1 aliphatic heterocycles. The molecule has 4 rings (SSSR count). The lowest BCUT2D eigenvalue weighted by Gasteiger charge is -2.36. The largest absolute Gasteiger partial charge is 0.493 e. The molecule has 3 aromatic rings. The van der Waals surface area contributed by atoms with Crippen molar-refractivity contribution in [1.29, 1.82) is 0 Å². The van der Waals surface area contributed by atoms with Crippen LogP contribution in [0.15, 0.2) is 24.7 Å². The van der Waals surface area contributed by atoms with Crippen molar-refractivity contribution in [2.24, 2.45) is 0 Å². The van der Waals surface area contributed by atoms with Crippen LogP contribution < -0.4 is 14.0 Å². The summed E-state index contributed by atoms with van der Waals surface area (Å²) in [5.74, 6) is 2.36. The van der Waals surface area contributed by atoms with Crippen LogP contribution in [-0.4, -0.2) is 48.0 Å². The third kappa shape index (κ3) is 2.20. The molecule has 0 amide bonds. The monoisotopic (exact) mass is 326 g/mol. The van der Waals surface area contributed by atoms with Gasteiger partial charge in [0.2, 0.25) is 5.82 Å². The highest BCUT2D eigenvalue weighted by Gasteiger charge is 2.35. The van der Waals surface area contributed by atoms with Gasteiger partial charge in [0, 0.05) is 29.8 Å². The van der Waals surface area contributed by atoms with E-state index in [1.807, 2.05) is 18.3 Å². The second-order valence-corrected chi connectivity index (χ2v) is 6.32. The quantitative estimate of drug-likeness (QED) is 0.746. The molecule has 0 saturated carbocycles. The van der Waals surface area contributed by atoms with E-state index < -0.39 is 0 Å². The molecule has 1 aromatic carbocycles. The Labute approximate surface area is 139 Å². The second kappa shape index (κ2) is 5.45. The minimum Gasteiger partial charge on any atom is -0.493 e. The van der Waals surface area contributed by atoms with Crippen LogP contribution in [-0.2, 0) is 13.0 Å². The van der Waals surface area contributed by atoms with Gasteiger partial charge in [0.05, 0.1) is 44.9 Å². The molecule has 0 bridgehead atoms. The van der Waals surface area contributed by atoms with Gasteiger partial charge in [0.25, 0.3) is 0 Å². The zero-order valence-corrected chi connectivity index (χ0v) is 14.0. The number of hydrogen-bond donors (Lipinski definition) is 1. The van der Waals surface area contributed by atoms with Gasteiger partial charge in [0.15, 0.2) is 11.5 Å². The van der Waals surface area contributed by atoms with Gasteiger partial charge in [-0.2, -0.15) is 10.1 Å². The van der Waals surface area contributed by atoms with Crippen LogP contribution in [0.3, 0.4) is 0 Å². The van der Waals surface area contributed by atoms with Crippen molar-refractivity contribution in [2.45, 2.75) is 13.0 Å². The lowest BCUT2D eigenvalue weighted by atomic mass is 10.0. The van der Waals surface area contributed by atoms with Crippen molar-refractivity contribution in [2.75, 3.05) is 27.8 Å². The van der Waals surface area contributed by atoms with E-state index in [-0.39, 0.29) is 0 Å². The highest BCUT2D eigenvalue weighted by Crippen LogP contribution is 2.38. The van der Waals surface area contributed by atoms with E-state index in [1.165, 1.54) is 11.3 Å². The number of fused-ring (bicyclic) bond motifs is 2. The van der Waals surface area contributed by atoms with Crippen molar-refractivity contribution in [3.63, 3.8) is 0 Å². The molecule has 124 valence electrons. The highest BCUT2D eigenvalue weighted by atomic mass is 16.5. The summed E-state index contributed by atoms with van der Waals surface area (Å²) in [7, 11) is 5.47. The molecule has 0 radical (unpaired) electrons. The van der Waals surface area contributed by atoms with E-state index >= 15 is 0 Å². The molecule has 24 heavy (non-hydrogen) atoms.